The maximum atomic E-state index is 12.9. The summed E-state index contributed by atoms with van der Waals surface area (Å²) in [6, 6.07) is 13.0. The van der Waals surface area contributed by atoms with Crippen molar-refractivity contribution >= 4 is 33.3 Å². The monoisotopic (exact) mass is 511 g/mol. The standard InChI is InChI=1S/C23H28ClN3O4S.CH3F/c1-32(30,31)21-10-3-2-9-20(21)23(29)26-15-19-8-5-11-27(19)22(28)14-18(25)13-16-6-4-7-17(24)12-16;1-2/h2-4,6-7,9-10,12,18-19H,5,8,11,13-15,25H2,1H3,(H,26,29);1H3/t18?,19-;/m0./s1. The molecule has 1 unspecified atom stereocenters. The van der Waals surface area contributed by atoms with Gasteiger partial charge in [-0.3, -0.25) is 14.0 Å². The zero-order valence-corrected chi connectivity index (χ0v) is 20.9. The van der Waals surface area contributed by atoms with Crippen molar-refractivity contribution in [3.05, 3.63) is 64.7 Å². The molecule has 0 aliphatic carbocycles. The van der Waals surface area contributed by atoms with Crippen LogP contribution in [0.1, 0.15) is 35.2 Å². The van der Waals surface area contributed by atoms with Gasteiger partial charge in [-0.2, -0.15) is 0 Å². The number of hydrogen-bond donors (Lipinski definition) is 2. The van der Waals surface area contributed by atoms with Crippen molar-refractivity contribution in [1.29, 1.82) is 0 Å². The van der Waals surface area contributed by atoms with Gasteiger partial charge in [0.05, 0.1) is 17.6 Å². The number of sulfone groups is 1. The van der Waals surface area contributed by atoms with E-state index in [1.807, 2.05) is 18.2 Å². The van der Waals surface area contributed by atoms with Crippen LogP contribution in [0.4, 0.5) is 4.39 Å². The molecular formula is C24H31ClFN3O4S. The van der Waals surface area contributed by atoms with E-state index in [1.165, 1.54) is 12.1 Å². The molecule has 0 spiro atoms. The van der Waals surface area contributed by atoms with Crippen LogP contribution in [0.5, 0.6) is 0 Å². The van der Waals surface area contributed by atoms with Gasteiger partial charge in [0, 0.05) is 42.9 Å². The molecule has 1 aliphatic rings. The van der Waals surface area contributed by atoms with Gasteiger partial charge in [-0.15, -0.1) is 0 Å². The lowest BCUT2D eigenvalue weighted by molar-refractivity contribution is -0.132. The Morgan fingerprint density at radius 1 is 1.21 bits per heavy atom. The van der Waals surface area contributed by atoms with E-state index < -0.39 is 15.7 Å². The van der Waals surface area contributed by atoms with Crippen molar-refractivity contribution in [3.8, 4) is 0 Å². The molecule has 3 N–H and O–H groups in total. The van der Waals surface area contributed by atoms with E-state index in [0.29, 0.717) is 25.2 Å². The smallest absolute Gasteiger partial charge is 0.252 e. The molecule has 1 fully saturated rings. The number of nitrogens with zero attached hydrogens (tertiary/aromatic N) is 1. The lowest BCUT2D eigenvalue weighted by atomic mass is 10.0. The number of rotatable bonds is 8. The van der Waals surface area contributed by atoms with Gasteiger partial charge >= 0.3 is 0 Å². The molecule has 0 aromatic heterocycles. The van der Waals surface area contributed by atoms with Gasteiger partial charge in [-0.25, -0.2) is 8.42 Å². The van der Waals surface area contributed by atoms with Crippen LogP contribution in [0.15, 0.2) is 53.4 Å². The van der Waals surface area contributed by atoms with Gasteiger partial charge in [-0.1, -0.05) is 35.9 Å². The topological polar surface area (TPSA) is 110 Å². The van der Waals surface area contributed by atoms with Crippen LogP contribution in [0.25, 0.3) is 0 Å². The van der Waals surface area contributed by atoms with Crippen LogP contribution in [0.3, 0.4) is 0 Å². The molecule has 0 radical (unpaired) electrons. The fraction of sp³-hybridized carbons (Fsp3) is 0.417. The number of nitrogens with one attached hydrogen (secondary N) is 1. The molecule has 2 aromatic carbocycles. The largest absolute Gasteiger partial charge is 0.350 e. The third-order valence-corrected chi connectivity index (χ3v) is 6.94. The highest BCUT2D eigenvalue weighted by molar-refractivity contribution is 7.90. The number of likely N-dealkylation sites (tertiary alicyclic amines) is 1. The second-order valence-corrected chi connectivity index (χ2v) is 10.6. The molecule has 7 nitrogen and oxygen atoms in total. The Morgan fingerprint density at radius 2 is 1.91 bits per heavy atom. The first kappa shape index (κ1) is 27.8. The minimum absolute atomic E-state index is 0.0103. The molecule has 34 heavy (non-hydrogen) atoms. The second-order valence-electron chi connectivity index (χ2n) is 8.16. The SMILES string of the molecule is CF.CS(=O)(=O)c1ccccc1C(=O)NC[C@@H]1CCCN1C(=O)CC(N)Cc1cccc(Cl)c1. The van der Waals surface area contributed by atoms with E-state index in [4.69, 9.17) is 17.3 Å². The summed E-state index contributed by atoms with van der Waals surface area (Å²) < 4.78 is 33.4. The average molecular weight is 512 g/mol. The zero-order chi connectivity index (χ0) is 25.3. The minimum atomic E-state index is -3.53. The number of amides is 2. The zero-order valence-electron chi connectivity index (χ0n) is 19.3. The van der Waals surface area contributed by atoms with Crippen molar-refractivity contribution in [2.75, 3.05) is 26.5 Å². The van der Waals surface area contributed by atoms with E-state index in [-0.39, 0.29) is 41.4 Å². The Morgan fingerprint density at radius 3 is 2.59 bits per heavy atom. The first-order chi connectivity index (χ1) is 16.1. The van der Waals surface area contributed by atoms with Crippen molar-refractivity contribution in [1.82, 2.24) is 10.2 Å². The summed E-state index contributed by atoms with van der Waals surface area (Å²) >= 11 is 6.01. The summed E-state index contributed by atoms with van der Waals surface area (Å²) in [4.78, 5) is 27.2. The van der Waals surface area contributed by atoms with E-state index in [1.54, 1.807) is 23.1 Å². The number of halogens is 2. The van der Waals surface area contributed by atoms with E-state index in [0.717, 1.165) is 24.7 Å². The highest BCUT2D eigenvalue weighted by Gasteiger charge is 2.30. The highest BCUT2D eigenvalue weighted by atomic mass is 35.5. The van der Waals surface area contributed by atoms with E-state index in [2.05, 4.69) is 5.32 Å². The van der Waals surface area contributed by atoms with Crippen LogP contribution in [-0.4, -0.2) is 63.7 Å². The lowest BCUT2D eigenvalue weighted by Crippen LogP contribution is -2.45. The number of carbonyl (C=O) groups is 2. The molecule has 10 heteroatoms. The lowest BCUT2D eigenvalue weighted by Gasteiger charge is -2.26. The van der Waals surface area contributed by atoms with Gasteiger partial charge in [-0.05, 0) is 49.1 Å². The summed E-state index contributed by atoms with van der Waals surface area (Å²) in [5.41, 5.74) is 7.29. The summed E-state index contributed by atoms with van der Waals surface area (Å²) in [7, 11) is -3.03. The van der Waals surface area contributed by atoms with Gasteiger partial charge in [0.15, 0.2) is 9.84 Å². The van der Waals surface area contributed by atoms with Crippen molar-refractivity contribution in [2.24, 2.45) is 5.73 Å². The molecule has 3 rings (SSSR count). The molecule has 0 bridgehead atoms. The Hall–Kier alpha value is -2.49. The van der Waals surface area contributed by atoms with Gasteiger partial charge in [0.25, 0.3) is 5.91 Å². The van der Waals surface area contributed by atoms with Crippen LogP contribution < -0.4 is 11.1 Å². The molecule has 1 saturated heterocycles. The van der Waals surface area contributed by atoms with Gasteiger partial charge < -0.3 is 16.0 Å². The van der Waals surface area contributed by atoms with Crippen LogP contribution in [0, 0.1) is 0 Å². The predicted molar refractivity (Wildman–Crippen MR) is 131 cm³/mol. The Balaban J connectivity index is 0.00000199. The molecule has 0 saturated carbocycles. The van der Waals surface area contributed by atoms with Gasteiger partial charge in [0.2, 0.25) is 5.91 Å². The van der Waals surface area contributed by atoms with Gasteiger partial charge in [0.1, 0.15) is 0 Å². The Kier molecular flexibility index (Phi) is 10.5. The maximum Gasteiger partial charge on any atom is 0.252 e. The molecule has 1 aliphatic heterocycles. The molecule has 2 aromatic rings. The van der Waals surface area contributed by atoms with Crippen LogP contribution in [0.2, 0.25) is 5.02 Å². The Bertz CT molecular complexity index is 1100. The average Bonchev–Trinajstić information content (AvgIpc) is 3.27. The molecule has 2 amide bonds. The molecule has 2 atom stereocenters. The minimum Gasteiger partial charge on any atom is -0.350 e. The number of nitrogens with two attached hydrogens (primary N) is 1. The molecule has 186 valence electrons. The van der Waals surface area contributed by atoms with Crippen molar-refractivity contribution in [3.63, 3.8) is 0 Å². The third-order valence-electron chi connectivity index (χ3n) is 5.55. The number of benzene rings is 2. The first-order valence-electron chi connectivity index (χ1n) is 10.9. The summed E-state index contributed by atoms with van der Waals surface area (Å²) in [6.45, 7) is 0.870. The van der Waals surface area contributed by atoms with E-state index >= 15 is 0 Å². The third kappa shape index (κ3) is 7.78. The van der Waals surface area contributed by atoms with E-state index in [9.17, 15) is 22.4 Å². The van der Waals surface area contributed by atoms with Crippen LogP contribution >= 0.6 is 11.6 Å². The number of hydrogen-bond acceptors (Lipinski definition) is 5. The highest BCUT2D eigenvalue weighted by Crippen LogP contribution is 2.20. The maximum absolute atomic E-state index is 12.9. The molecule has 1 heterocycles. The summed E-state index contributed by atoms with van der Waals surface area (Å²) in [5, 5.41) is 3.43. The molecular weight excluding hydrogens is 481 g/mol. The fourth-order valence-corrected chi connectivity index (χ4v) is 5.14. The number of carbonyl (C=O) groups excluding carboxylic acids is 2. The normalized spacial score (nSPS) is 16.4. The second kappa shape index (κ2) is 12.8. The van der Waals surface area contributed by atoms with Crippen molar-refractivity contribution < 1.29 is 22.4 Å². The van der Waals surface area contributed by atoms with Crippen LogP contribution in [-0.2, 0) is 21.1 Å². The quantitative estimate of drug-likeness (QED) is 0.566. The first-order valence-corrected chi connectivity index (χ1v) is 13.2. The Labute approximate surface area is 205 Å². The predicted octanol–water partition coefficient (Wildman–Crippen LogP) is 3.01. The van der Waals surface area contributed by atoms with Crippen molar-refractivity contribution in [2.45, 2.75) is 42.7 Å². The summed E-state index contributed by atoms with van der Waals surface area (Å²) in [5.74, 6) is -0.518. The fourth-order valence-electron chi connectivity index (χ4n) is 4.04. The summed E-state index contributed by atoms with van der Waals surface area (Å²) in [6.07, 6.45) is 3.43. The number of alkyl halides is 1.